The largest absolute Gasteiger partial charge is 0.493 e. The minimum Gasteiger partial charge on any atom is -0.493 e. The zero-order valence-electron chi connectivity index (χ0n) is 14.8. The average molecular weight is 357 g/mol. The quantitative estimate of drug-likeness (QED) is 0.788. The van der Waals surface area contributed by atoms with E-state index in [4.69, 9.17) is 9.47 Å². The first kappa shape index (κ1) is 20.6. The molecule has 1 fully saturated rings. The Hall–Kier alpha value is -1.46. The summed E-state index contributed by atoms with van der Waals surface area (Å²) in [5.41, 5.74) is 0.923. The zero-order chi connectivity index (χ0) is 16.7. The van der Waals surface area contributed by atoms with Crippen molar-refractivity contribution in [3.63, 3.8) is 0 Å². The van der Waals surface area contributed by atoms with Crippen molar-refractivity contribution in [2.45, 2.75) is 32.7 Å². The van der Waals surface area contributed by atoms with Gasteiger partial charge in [-0.05, 0) is 43.8 Å². The molecule has 136 valence electrons. The second-order valence-corrected chi connectivity index (χ2v) is 6.22. The Morgan fingerprint density at radius 3 is 2.79 bits per heavy atom. The first-order valence-electron chi connectivity index (χ1n) is 8.33. The van der Waals surface area contributed by atoms with Crippen LogP contribution in [0.25, 0.3) is 0 Å². The summed E-state index contributed by atoms with van der Waals surface area (Å²) in [7, 11) is 3.22. The van der Waals surface area contributed by atoms with Gasteiger partial charge in [-0.25, -0.2) is 0 Å². The number of ether oxygens (including phenoxy) is 2. The van der Waals surface area contributed by atoms with Crippen molar-refractivity contribution >= 4 is 18.3 Å². The summed E-state index contributed by atoms with van der Waals surface area (Å²) in [5.74, 6) is 2.45. The summed E-state index contributed by atoms with van der Waals surface area (Å²) in [6.45, 7) is 4.75. The predicted octanol–water partition coefficient (Wildman–Crippen LogP) is 2.77. The number of hydrogen-bond donors (Lipinski definition) is 2. The molecule has 2 rings (SSSR count). The van der Waals surface area contributed by atoms with Crippen LogP contribution in [0.3, 0.4) is 0 Å². The molecule has 1 aliphatic heterocycles. The highest BCUT2D eigenvalue weighted by Gasteiger charge is 2.22. The second kappa shape index (κ2) is 10.4. The van der Waals surface area contributed by atoms with Crippen LogP contribution in [0.4, 0.5) is 0 Å². The molecule has 24 heavy (non-hydrogen) atoms. The Balaban J connectivity index is 0.00000288. The van der Waals surface area contributed by atoms with Crippen molar-refractivity contribution in [1.29, 1.82) is 0 Å². The molecule has 0 aliphatic carbocycles. The summed E-state index contributed by atoms with van der Waals surface area (Å²) in [4.78, 5) is 12.2. The number of carbonyl (C=O) groups excluding carboxylic acids is 1. The van der Waals surface area contributed by atoms with Crippen molar-refractivity contribution in [3.05, 3.63) is 23.8 Å². The molecule has 1 aliphatic rings. The van der Waals surface area contributed by atoms with Crippen LogP contribution < -0.4 is 20.1 Å². The van der Waals surface area contributed by atoms with Crippen LogP contribution in [0, 0.1) is 11.8 Å². The number of para-hydroxylation sites is 1. The maximum Gasteiger partial charge on any atom is 0.220 e. The number of hydrogen-bond acceptors (Lipinski definition) is 4. The summed E-state index contributed by atoms with van der Waals surface area (Å²) in [5, 5.41) is 6.41. The van der Waals surface area contributed by atoms with Crippen molar-refractivity contribution in [2.75, 3.05) is 27.3 Å². The fourth-order valence-corrected chi connectivity index (χ4v) is 3.18. The summed E-state index contributed by atoms with van der Waals surface area (Å²) < 4.78 is 10.7. The molecular weight excluding hydrogens is 328 g/mol. The number of amides is 1. The third-order valence-electron chi connectivity index (χ3n) is 4.61. The molecule has 5 nitrogen and oxygen atoms in total. The van der Waals surface area contributed by atoms with E-state index in [0.717, 1.165) is 18.7 Å². The molecule has 1 saturated heterocycles. The smallest absolute Gasteiger partial charge is 0.220 e. The van der Waals surface area contributed by atoms with Gasteiger partial charge in [-0.15, -0.1) is 12.4 Å². The van der Waals surface area contributed by atoms with Crippen LogP contribution >= 0.6 is 12.4 Å². The van der Waals surface area contributed by atoms with Crippen molar-refractivity contribution in [1.82, 2.24) is 10.6 Å². The summed E-state index contributed by atoms with van der Waals surface area (Å²) >= 11 is 0. The molecule has 0 aromatic heterocycles. The van der Waals surface area contributed by atoms with E-state index in [0.29, 0.717) is 36.3 Å². The van der Waals surface area contributed by atoms with Crippen molar-refractivity contribution in [3.8, 4) is 11.5 Å². The standard InChI is InChI=1S/C18H28N2O3.ClH/c1-13(14-7-5-9-19-11-14)10-17(21)20-12-15-6-4-8-16(22-2)18(15)23-3;/h4,6,8,13-14,19H,5,7,9-12H2,1-3H3,(H,20,21);1H. The first-order valence-corrected chi connectivity index (χ1v) is 8.33. The fraction of sp³-hybridized carbons (Fsp3) is 0.611. The molecule has 1 heterocycles. The van der Waals surface area contributed by atoms with Gasteiger partial charge in [-0.3, -0.25) is 4.79 Å². The number of benzene rings is 1. The number of halogens is 1. The molecule has 0 spiro atoms. The molecular formula is C18H29ClN2O3. The molecule has 1 aromatic rings. The van der Waals surface area contributed by atoms with E-state index >= 15 is 0 Å². The number of carbonyl (C=O) groups is 1. The van der Waals surface area contributed by atoms with Gasteiger partial charge in [0.05, 0.1) is 14.2 Å². The van der Waals surface area contributed by atoms with E-state index in [1.165, 1.54) is 12.8 Å². The Bertz CT molecular complexity index is 519. The van der Waals surface area contributed by atoms with Gasteiger partial charge in [0.15, 0.2) is 11.5 Å². The molecule has 2 unspecified atom stereocenters. The highest BCUT2D eigenvalue weighted by molar-refractivity contribution is 5.85. The SMILES string of the molecule is COc1cccc(CNC(=O)CC(C)C2CCCNC2)c1OC.Cl. The second-order valence-electron chi connectivity index (χ2n) is 6.22. The first-order chi connectivity index (χ1) is 11.2. The lowest BCUT2D eigenvalue weighted by Gasteiger charge is -2.28. The van der Waals surface area contributed by atoms with Gasteiger partial charge in [0.25, 0.3) is 0 Å². The monoisotopic (exact) mass is 356 g/mol. The maximum atomic E-state index is 12.2. The lowest BCUT2D eigenvalue weighted by Crippen LogP contribution is -2.35. The van der Waals surface area contributed by atoms with Crippen molar-refractivity contribution < 1.29 is 14.3 Å². The molecule has 0 saturated carbocycles. The lowest BCUT2D eigenvalue weighted by atomic mass is 9.85. The highest BCUT2D eigenvalue weighted by atomic mass is 35.5. The van der Waals surface area contributed by atoms with Crippen molar-refractivity contribution in [2.24, 2.45) is 11.8 Å². The highest BCUT2D eigenvalue weighted by Crippen LogP contribution is 2.30. The fourth-order valence-electron chi connectivity index (χ4n) is 3.18. The third-order valence-corrected chi connectivity index (χ3v) is 4.61. The number of nitrogens with one attached hydrogen (secondary N) is 2. The molecule has 6 heteroatoms. The molecule has 2 atom stereocenters. The number of methoxy groups -OCH3 is 2. The number of rotatable bonds is 7. The van der Waals surface area contributed by atoms with Crippen LogP contribution in [0.5, 0.6) is 11.5 Å². The molecule has 0 bridgehead atoms. The topological polar surface area (TPSA) is 59.6 Å². The normalized spacial score (nSPS) is 18.2. The Morgan fingerprint density at radius 1 is 1.38 bits per heavy atom. The predicted molar refractivity (Wildman–Crippen MR) is 98.0 cm³/mol. The van der Waals surface area contributed by atoms with E-state index in [-0.39, 0.29) is 18.3 Å². The third kappa shape index (κ3) is 5.56. The van der Waals surface area contributed by atoms with E-state index in [1.807, 2.05) is 18.2 Å². The maximum absolute atomic E-state index is 12.2. The molecule has 2 N–H and O–H groups in total. The van der Waals surface area contributed by atoms with Crippen LogP contribution in [-0.2, 0) is 11.3 Å². The van der Waals surface area contributed by atoms with E-state index in [2.05, 4.69) is 17.6 Å². The Labute approximate surface area is 150 Å². The van der Waals surface area contributed by atoms with E-state index in [9.17, 15) is 4.79 Å². The van der Waals surface area contributed by atoms with Crippen LogP contribution in [0.1, 0.15) is 31.7 Å². The van der Waals surface area contributed by atoms with E-state index < -0.39 is 0 Å². The average Bonchev–Trinajstić information content (AvgIpc) is 2.60. The van der Waals surface area contributed by atoms with E-state index in [1.54, 1.807) is 14.2 Å². The van der Waals surface area contributed by atoms with Crippen LogP contribution in [0.2, 0.25) is 0 Å². The Kier molecular flexibility index (Phi) is 8.93. The zero-order valence-corrected chi connectivity index (χ0v) is 15.6. The summed E-state index contributed by atoms with van der Waals surface area (Å²) in [6.07, 6.45) is 2.99. The van der Waals surface area contributed by atoms with Gasteiger partial charge < -0.3 is 20.1 Å². The summed E-state index contributed by atoms with van der Waals surface area (Å²) in [6, 6.07) is 5.69. The molecule has 0 radical (unpaired) electrons. The minimum atomic E-state index is 0. The van der Waals surface area contributed by atoms with Gasteiger partial charge in [-0.1, -0.05) is 19.1 Å². The van der Waals surface area contributed by atoms with Gasteiger partial charge in [0.2, 0.25) is 5.91 Å². The number of piperidine rings is 1. The van der Waals surface area contributed by atoms with Gasteiger partial charge in [0.1, 0.15) is 0 Å². The minimum absolute atomic E-state index is 0. The van der Waals surface area contributed by atoms with Crippen LogP contribution in [-0.4, -0.2) is 33.2 Å². The van der Waals surface area contributed by atoms with Crippen LogP contribution in [0.15, 0.2) is 18.2 Å². The lowest BCUT2D eigenvalue weighted by molar-refractivity contribution is -0.122. The molecule has 1 aromatic carbocycles. The Morgan fingerprint density at radius 2 is 2.17 bits per heavy atom. The molecule has 1 amide bonds. The van der Waals surface area contributed by atoms with Gasteiger partial charge >= 0.3 is 0 Å². The van der Waals surface area contributed by atoms with Gasteiger partial charge in [0, 0.05) is 18.5 Å². The van der Waals surface area contributed by atoms with Gasteiger partial charge in [-0.2, -0.15) is 0 Å².